The Morgan fingerprint density at radius 2 is 2.00 bits per heavy atom. The minimum Gasteiger partial charge on any atom is -0.385 e. The van der Waals surface area contributed by atoms with E-state index in [0.717, 1.165) is 17.8 Å². The third kappa shape index (κ3) is 4.05. The van der Waals surface area contributed by atoms with E-state index < -0.39 is 0 Å². The van der Waals surface area contributed by atoms with Crippen LogP contribution in [0.3, 0.4) is 0 Å². The summed E-state index contributed by atoms with van der Waals surface area (Å²) in [5.74, 6) is 0.323. The molecule has 2 N–H and O–H groups in total. The van der Waals surface area contributed by atoms with Gasteiger partial charge in [0, 0.05) is 24.3 Å². The number of carbonyl (C=O) groups excluding carboxylic acids is 1. The molecule has 0 radical (unpaired) electrons. The lowest BCUT2D eigenvalue weighted by molar-refractivity contribution is -0.115. The highest BCUT2D eigenvalue weighted by molar-refractivity contribution is 6.10. The second kappa shape index (κ2) is 7.27. The first-order valence-corrected chi connectivity index (χ1v) is 6.03. The molecular weight excluding hydrogens is 226 g/mol. The summed E-state index contributed by atoms with van der Waals surface area (Å²) in [5.41, 5.74) is 1.93. The molecule has 4 heteroatoms. The molecule has 0 aliphatic carbocycles. The summed E-state index contributed by atoms with van der Waals surface area (Å²) in [7, 11) is 0. The predicted octanol–water partition coefficient (Wildman–Crippen LogP) is 2.19. The molecule has 4 nitrogen and oxygen atoms in total. The van der Waals surface area contributed by atoms with E-state index in [1.807, 2.05) is 38.1 Å². The van der Waals surface area contributed by atoms with Gasteiger partial charge in [-0.25, -0.2) is 0 Å². The highest BCUT2D eigenvalue weighted by atomic mass is 16.1. The summed E-state index contributed by atoms with van der Waals surface area (Å²) in [6.45, 7) is 8.89. The minimum absolute atomic E-state index is 0.252. The van der Waals surface area contributed by atoms with Crippen LogP contribution in [0.5, 0.6) is 0 Å². The summed E-state index contributed by atoms with van der Waals surface area (Å²) < 4.78 is 0. The van der Waals surface area contributed by atoms with E-state index in [9.17, 15) is 4.79 Å². The molecule has 1 aromatic rings. The van der Waals surface area contributed by atoms with Gasteiger partial charge in [0.1, 0.15) is 5.84 Å². The first kappa shape index (κ1) is 14.0. The van der Waals surface area contributed by atoms with Crippen LogP contribution < -0.4 is 10.6 Å². The monoisotopic (exact) mass is 245 g/mol. The third-order valence-corrected chi connectivity index (χ3v) is 2.28. The number of amidine groups is 1. The molecule has 0 aliphatic heterocycles. The number of nitrogens with zero attached hydrogens (tertiary/aromatic N) is 1. The predicted molar refractivity (Wildman–Crippen MR) is 76.0 cm³/mol. The average molecular weight is 245 g/mol. The molecule has 0 saturated heterocycles. The molecule has 0 unspecified atom stereocenters. The molecule has 18 heavy (non-hydrogen) atoms. The van der Waals surface area contributed by atoms with E-state index in [1.165, 1.54) is 6.08 Å². The summed E-state index contributed by atoms with van der Waals surface area (Å²) >= 11 is 0. The van der Waals surface area contributed by atoms with Gasteiger partial charge >= 0.3 is 0 Å². The summed E-state index contributed by atoms with van der Waals surface area (Å²) in [5, 5.41) is 5.92. The number of carbonyl (C=O) groups is 1. The van der Waals surface area contributed by atoms with E-state index in [1.54, 1.807) is 0 Å². The molecule has 0 heterocycles. The smallest absolute Gasteiger partial charge is 0.248 e. The van der Waals surface area contributed by atoms with E-state index in [-0.39, 0.29) is 5.91 Å². The Labute approximate surface area is 108 Å². The number of anilines is 1. The number of aliphatic imine (C=N–C) groups is 1. The molecule has 1 rings (SSSR count). The number of hydrogen-bond acceptors (Lipinski definition) is 3. The normalized spacial score (nSPS) is 10.9. The van der Waals surface area contributed by atoms with Crippen molar-refractivity contribution in [3.05, 3.63) is 42.5 Å². The number of amides is 1. The van der Waals surface area contributed by atoms with Crippen LogP contribution in [0.4, 0.5) is 5.69 Å². The van der Waals surface area contributed by atoms with Gasteiger partial charge in [0.05, 0.1) is 0 Å². The van der Waals surface area contributed by atoms with Gasteiger partial charge in [-0.05, 0) is 44.2 Å². The van der Waals surface area contributed by atoms with Crippen LogP contribution in [-0.4, -0.2) is 24.8 Å². The van der Waals surface area contributed by atoms with E-state index in [4.69, 9.17) is 0 Å². The number of rotatable bonds is 5. The largest absolute Gasteiger partial charge is 0.385 e. The maximum atomic E-state index is 11.3. The average Bonchev–Trinajstić information content (AvgIpc) is 2.39. The van der Waals surface area contributed by atoms with Crippen molar-refractivity contribution < 1.29 is 4.79 Å². The maximum Gasteiger partial charge on any atom is 0.248 e. The van der Waals surface area contributed by atoms with Gasteiger partial charge < -0.3 is 10.6 Å². The second-order valence-electron chi connectivity index (χ2n) is 3.62. The van der Waals surface area contributed by atoms with E-state index in [2.05, 4.69) is 22.2 Å². The van der Waals surface area contributed by atoms with Crippen LogP contribution in [0, 0.1) is 0 Å². The van der Waals surface area contributed by atoms with Crippen LogP contribution in [0.15, 0.2) is 41.9 Å². The van der Waals surface area contributed by atoms with Gasteiger partial charge in [-0.15, -0.1) is 0 Å². The van der Waals surface area contributed by atoms with E-state index >= 15 is 0 Å². The number of benzene rings is 1. The van der Waals surface area contributed by atoms with Gasteiger partial charge in [0.25, 0.3) is 0 Å². The fraction of sp³-hybridized carbons (Fsp3) is 0.286. The van der Waals surface area contributed by atoms with Crippen molar-refractivity contribution in [1.29, 1.82) is 0 Å². The molecule has 0 bridgehead atoms. The van der Waals surface area contributed by atoms with Crippen LogP contribution in [-0.2, 0) is 4.79 Å². The molecule has 0 aromatic heterocycles. The standard InChI is InChI=1S/C14H19N3O/c1-4-13(18)17-14(16-6-3)11-7-9-12(10-8-11)15-5-2/h4,7-10,15H,1,5-6H2,2-3H3,(H,16,17,18). The quantitative estimate of drug-likeness (QED) is 0.474. The first-order valence-electron chi connectivity index (χ1n) is 6.03. The molecular formula is C14H19N3O. The Kier molecular flexibility index (Phi) is 5.64. The third-order valence-electron chi connectivity index (χ3n) is 2.28. The lowest BCUT2D eigenvalue weighted by atomic mass is 10.2. The van der Waals surface area contributed by atoms with Crippen molar-refractivity contribution in [3.8, 4) is 0 Å². The summed E-state index contributed by atoms with van der Waals surface area (Å²) in [4.78, 5) is 15.6. The van der Waals surface area contributed by atoms with E-state index in [0.29, 0.717) is 12.4 Å². The Bertz CT molecular complexity index is 435. The SMILES string of the molecule is C=CC(=O)NC(=NCC)c1ccc(NCC)cc1. The Morgan fingerprint density at radius 3 is 2.50 bits per heavy atom. The summed E-state index contributed by atoms with van der Waals surface area (Å²) in [6.07, 6.45) is 1.23. The minimum atomic E-state index is -0.252. The lowest BCUT2D eigenvalue weighted by Gasteiger charge is -2.09. The second-order valence-corrected chi connectivity index (χ2v) is 3.62. The molecule has 1 amide bonds. The van der Waals surface area contributed by atoms with Crippen LogP contribution in [0.2, 0.25) is 0 Å². The number of nitrogens with one attached hydrogen (secondary N) is 2. The van der Waals surface area contributed by atoms with Crippen molar-refractivity contribution in [2.24, 2.45) is 4.99 Å². The zero-order valence-corrected chi connectivity index (χ0v) is 10.9. The molecule has 0 fully saturated rings. The molecule has 0 atom stereocenters. The Balaban J connectivity index is 2.89. The molecule has 96 valence electrons. The van der Waals surface area contributed by atoms with Crippen molar-refractivity contribution in [1.82, 2.24) is 5.32 Å². The van der Waals surface area contributed by atoms with Gasteiger partial charge in [-0.1, -0.05) is 6.58 Å². The zero-order chi connectivity index (χ0) is 13.4. The van der Waals surface area contributed by atoms with Crippen molar-refractivity contribution in [2.45, 2.75) is 13.8 Å². The Hall–Kier alpha value is -2.10. The van der Waals surface area contributed by atoms with Crippen molar-refractivity contribution >= 4 is 17.4 Å². The van der Waals surface area contributed by atoms with Gasteiger partial charge in [0.15, 0.2) is 0 Å². The molecule has 0 saturated carbocycles. The highest BCUT2D eigenvalue weighted by Crippen LogP contribution is 2.09. The topological polar surface area (TPSA) is 53.5 Å². The molecule has 0 aliphatic rings. The molecule has 1 aromatic carbocycles. The lowest BCUT2D eigenvalue weighted by Crippen LogP contribution is -2.29. The van der Waals surface area contributed by atoms with Crippen LogP contribution in [0.1, 0.15) is 19.4 Å². The molecule has 0 spiro atoms. The zero-order valence-electron chi connectivity index (χ0n) is 10.9. The van der Waals surface area contributed by atoms with Crippen molar-refractivity contribution in [2.75, 3.05) is 18.4 Å². The van der Waals surface area contributed by atoms with Crippen molar-refractivity contribution in [3.63, 3.8) is 0 Å². The fourth-order valence-corrected chi connectivity index (χ4v) is 1.48. The van der Waals surface area contributed by atoms with Crippen LogP contribution in [0.25, 0.3) is 0 Å². The summed E-state index contributed by atoms with van der Waals surface area (Å²) in [6, 6.07) is 7.78. The fourth-order valence-electron chi connectivity index (χ4n) is 1.48. The first-order chi connectivity index (χ1) is 8.71. The highest BCUT2D eigenvalue weighted by Gasteiger charge is 2.05. The Morgan fingerprint density at radius 1 is 1.33 bits per heavy atom. The van der Waals surface area contributed by atoms with Gasteiger partial charge in [-0.2, -0.15) is 0 Å². The van der Waals surface area contributed by atoms with Crippen LogP contribution >= 0.6 is 0 Å². The van der Waals surface area contributed by atoms with Gasteiger partial charge in [0.2, 0.25) is 5.91 Å². The maximum absolute atomic E-state index is 11.3. The van der Waals surface area contributed by atoms with Gasteiger partial charge in [-0.3, -0.25) is 9.79 Å². The number of hydrogen-bond donors (Lipinski definition) is 2.